The summed E-state index contributed by atoms with van der Waals surface area (Å²) in [6.45, 7) is 7.83. The van der Waals surface area contributed by atoms with E-state index in [1.165, 1.54) is 0 Å². The van der Waals surface area contributed by atoms with E-state index in [1.807, 2.05) is 6.08 Å². The van der Waals surface area contributed by atoms with Crippen LogP contribution < -0.4 is 0 Å². The Balaban J connectivity index is 2.96. The van der Waals surface area contributed by atoms with E-state index in [4.69, 9.17) is 4.43 Å². The molecule has 0 saturated carbocycles. The average Bonchev–Trinajstić information content (AvgIpc) is 1.89. The SMILES string of the molecule is C=CC[Si]OC(C)CC. The minimum Gasteiger partial charge on any atom is -0.415 e. The Hall–Kier alpha value is -0.0831. The smallest absolute Gasteiger partial charge is 0.234 e. The van der Waals surface area contributed by atoms with Crippen LogP contribution in [0.4, 0.5) is 0 Å². The molecule has 9 heavy (non-hydrogen) atoms. The standard InChI is InChI=1S/C7H14OSi/c1-4-6-9-8-7(3)5-2/h4,7H,1,5-6H2,2-3H3. The first-order chi connectivity index (χ1) is 4.31. The molecule has 2 heteroatoms. The summed E-state index contributed by atoms with van der Waals surface area (Å²) >= 11 is 0. The maximum atomic E-state index is 5.39. The van der Waals surface area contributed by atoms with Gasteiger partial charge in [-0.1, -0.05) is 13.0 Å². The van der Waals surface area contributed by atoms with Gasteiger partial charge in [0.1, 0.15) is 0 Å². The second kappa shape index (κ2) is 6.04. The van der Waals surface area contributed by atoms with Crippen molar-refractivity contribution in [2.24, 2.45) is 0 Å². The molecule has 1 nitrogen and oxygen atoms in total. The Labute approximate surface area is 60.1 Å². The van der Waals surface area contributed by atoms with Crippen LogP contribution in [0.15, 0.2) is 12.7 Å². The predicted molar refractivity (Wildman–Crippen MR) is 41.6 cm³/mol. The van der Waals surface area contributed by atoms with Gasteiger partial charge in [0.15, 0.2) is 0 Å². The topological polar surface area (TPSA) is 9.23 Å². The van der Waals surface area contributed by atoms with Crippen molar-refractivity contribution in [2.75, 3.05) is 0 Å². The third kappa shape index (κ3) is 5.79. The maximum Gasteiger partial charge on any atom is 0.234 e. The first-order valence-corrected chi connectivity index (χ1v) is 4.42. The van der Waals surface area contributed by atoms with E-state index < -0.39 is 0 Å². The fourth-order valence-corrected chi connectivity index (χ4v) is 0.998. The zero-order valence-corrected chi connectivity index (χ0v) is 7.18. The van der Waals surface area contributed by atoms with Gasteiger partial charge in [-0.2, -0.15) is 0 Å². The summed E-state index contributed by atoms with van der Waals surface area (Å²) in [5.74, 6) is 0. The molecule has 2 radical (unpaired) electrons. The van der Waals surface area contributed by atoms with Crippen molar-refractivity contribution in [1.29, 1.82) is 0 Å². The van der Waals surface area contributed by atoms with Crippen LogP contribution in [0.2, 0.25) is 6.04 Å². The minimum atomic E-state index is 0.420. The second-order valence-electron chi connectivity index (χ2n) is 1.97. The molecule has 0 aromatic rings. The molecule has 1 unspecified atom stereocenters. The molecule has 52 valence electrons. The Morgan fingerprint density at radius 3 is 2.89 bits per heavy atom. The number of hydrogen-bond acceptors (Lipinski definition) is 1. The van der Waals surface area contributed by atoms with E-state index in [1.54, 1.807) is 0 Å². The molecule has 0 amide bonds. The summed E-state index contributed by atoms with van der Waals surface area (Å²) in [4.78, 5) is 0. The van der Waals surface area contributed by atoms with Gasteiger partial charge in [-0.05, 0) is 19.4 Å². The molecular formula is C7H14OSi. The summed E-state index contributed by atoms with van der Waals surface area (Å²) < 4.78 is 5.39. The molecule has 0 aromatic carbocycles. The van der Waals surface area contributed by atoms with E-state index in [-0.39, 0.29) is 0 Å². The van der Waals surface area contributed by atoms with E-state index in [9.17, 15) is 0 Å². The molecule has 0 bridgehead atoms. The first kappa shape index (κ1) is 8.92. The van der Waals surface area contributed by atoms with Crippen LogP contribution >= 0.6 is 0 Å². The molecule has 0 saturated heterocycles. The molecule has 0 spiro atoms. The Morgan fingerprint density at radius 2 is 2.44 bits per heavy atom. The van der Waals surface area contributed by atoms with Crippen molar-refractivity contribution in [1.82, 2.24) is 0 Å². The second-order valence-corrected chi connectivity index (χ2v) is 2.91. The average molecular weight is 142 g/mol. The van der Waals surface area contributed by atoms with Gasteiger partial charge < -0.3 is 4.43 Å². The molecule has 0 aliphatic carbocycles. The lowest BCUT2D eigenvalue weighted by Gasteiger charge is -2.07. The van der Waals surface area contributed by atoms with Crippen molar-refractivity contribution in [3.8, 4) is 0 Å². The molecular weight excluding hydrogens is 128 g/mol. The zero-order chi connectivity index (χ0) is 7.11. The van der Waals surface area contributed by atoms with Gasteiger partial charge in [0.2, 0.25) is 9.76 Å². The molecule has 0 aromatic heterocycles. The normalized spacial score (nSPS) is 13.1. The van der Waals surface area contributed by atoms with Crippen molar-refractivity contribution < 1.29 is 4.43 Å². The van der Waals surface area contributed by atoms with E-state index >= 15 is 0 Å². The highest BCUT2D eigenvalue weighted by Gasteiger charge is 1.95. The van der Waals surface area contributed by atoms with E-state index in [0.29, 0.717) is 15.9 Å². The van der Waals surface area contributed by atoms with Crippen molar-refractivity contribution in [3.63, 3.8) is 0 Å². The minimum absolute atomic E-state index is 0.420. The highest BCUT2D eigenvalue weighted by Crippen LogP contribution is 1.94. The number of rotatable bonds is 5. The van der Waals surface area contributed by atoms with Gasteiger partial charge in [-0.25, -0.2) is 0 Å². The van der Waals surface area contributed by atoms with Crippen molar-refractivity contribution >= 4 is 9.76 Å². The van der Waals surface area contributed by atoms with Crippen LogP contribution in [0.5, 0.6) is 0 Å². The lowest BCUT2D eigenvalue weighted by molar-refractivity contribution is 0.229. The first-order valence-electron chi connectivity index (χ1n) is 3.30. The summed E-state index contributed by atoms with van der Waals surface area (Å²) in [7, 11) is 0.601. The Bertz CT molecular complexity index is 73.3. The van der Waals surface area contributed by atoms with Gasteiger partial charge >= 0.3 is 0 Å². The third-order valence-corrected chi connectivity index (χ3v) is 2.11. The largest absolute Gasteiger partial charge is 0.415 e. The van der Waals surface area contributed by atoms with Gasteiger partial charge in [0.05, 0.1) is 0 Å². The molecule has 0 N–H and O–H groups in total. The Kier molecular flexibility index (Phi) is 5.99. The van der Waals surface area contributed by atoms with Crippen LogP contribution in [-0.2, 0) is 4.43 Å². The van der Waals surface area contributed by atoms with Gasteiger partial charge in [0, 0.05) is 6.10 Å². The lowest BCUT2D eigenvalue weighted by atomic mass is 10.3. The quantitative estimate of drug-likeness (QED) is 0.324. The number of allylic oxidation sites excluding steroid dienone is 1. The number of hydrogen-bond donors (Lipinski definition) is 0. The van der Waals surface area contributed by atoms with E-state index in [0.717, 1.165) is 12.5 Å². The molecule has 0 fully saturated rings. The van der Waals surface area contributed by atoms with Crippen LogP contribution in [0.3, 0.4) is 0 Å². The highest BCUT2D eigenvalue weighted by molar-refractivity contribution is 6.27. The fraction of sp³-hybridized carbons (Fsp3) is 0.714. The van der Waals surface area contributed by atoms with Crippen LogP contribution in [0.1, 0.15) is 20.3 Å². The zero-order valence-electron chi connectivity index (χ0n) is 6.18. The van der Waals surface area contributed by atoms with Gasteiger partial charge in [0.25, 0.3) is 0 Å². The van der Waals surface area contributed by atoms with Crippen molar-refractivity contribution in [2.45, 2.75) is 32.4 Å². The molecule has 0 aliphatic rings. The summed E-state index contributed by atoms with van der Waals surface area (Å²) in [6.07, 6.45) is 3.41. The van der Waals surface area contributed by atoms with Crippen molar-refractivity contribution in [3.05, 3.63) is 12.7 Å². The third-order valence-electron chi connectivity index (χ3n) is 1.09. The van der Waals surface area contributed by atoms with Crippen LogP contribution in [-0.4, -0.2) is 15.9 Å². The van der Waals surface area contributed by atoms with Crippen LogP contribution in [0, 0.1) is 0 Å². The van der Waals surface area contributed by atoms with Gasteiger partial charge in [-0.15, -0.1) is 6.58 Å². The van der Waals surface area contributed by atoms with Crippen LogP contribution in [0.25, 0.3) is 0 Å². The van der Waals surface area contributed by atoms with E-state index in [2.05, 4.69) is 20.4 Å². The van der Waals surface area contributed by atoms with Gasteiger partial charge in [-0.3, -0.25) is 0 Å². The summed E-state index contributed by atoms with van der Waals surface area (Å²) in [5.41, 5.74) is 0. The molecule has 0 aliphatic heterocycles. The highest BCUT2D eigenvalue weighted by atomic mass is 28.2. The summed E-state index contributed by atoms with van der Waals surface area (Å²) in [5, 5.41) is 0. The fourth-order valence-electron chi connectivity index (χ4n) is 0.333. The maximum absolute atomic E-state index is 5.39. The summed E-state index contributed by atoms with van der Waals surface area (Å²) in [6, 6.07) is 0.990. The predicted octanol–water partition coefficient (Wildman–Crippen LogP) is 2.02. The molecule has 0 heterocycles. The lowest BCUT2D eigenvalue weighted by Crippen LogP contribution is -2.08. The Morgan fingerprint density at radius 1 is 1.78 bits per heavy atom. The molecule has 1 atom stereocenters. The monoisotopic (exact) mass is 142 g/mol. The molecule has 0 rings (SSSR count).